The third-order valence-electron chi connectivity index (χ3n) is 6.24. The van der Waals surface area contributed by atoms with Crippen molar-refractivity contribution in [2.75, 3.05) is 22.9 Å². The van der Waals surface area contributed by atoms with Crippen LogP contribution in [0.25, 0.3) is 0 Å². The van der Waals surface area contributed by atoms with Crippen LogP contribution in [0.3, 0.4) is 0 Å². The molecule has 1 N–H and O–H groups in total. The Morgan fingerprint density at radius 2 is 1.96 bits per heavy atom. The molecule has 1 aromatic heterocycles. The van der Waals surface area contributed by atoms with E-state index in [2.05, 4.69) is 15.2 Å². The monoisotopic (exact) mass is 376 g/mol. The van der Waals surface area contributed by atoms with Crippen molar-refractivity contribution >= 4 is 23.2 Å². The van der Waals surface area contributed by atoms with E-state index in [0.29, 0.717) is 19.1 Å². The summed E-state index contributed by atoms with van der Waals surface area (Å²) in [6.07, 6.45) is 9.10. The summed E-state index contributed by atoms with van der Waals surface area (Å²) in [5.41, 5.74) is 5.47. The zero-order chi connectivity index (χ0) is 19.1. The lowest BCUT2D eigenvalue weighted by Crippen LogP contribution is -2.52. The largest absolute Gasteiger partial charge is 0.365 e. The topological polar surface area (TPSA) is 65.5 Å². The molecule has 3 heterocycles. The lowest BCUT2D eigenvalue weighted by Gasteiger charge is -2.39. The van der Waals surface area contributed by atoms with Crippen LogP contribution in [0.5, 0.6) is 0 Å². The number of carbonyl (C=O) groups is 2. The van der Waals surface area contributed by atoms with Gasteiger partial charge >= 0.3 is 11.8 Å². The maximum Gasteiger partial charge on any atom is 0.316 e. The van der Waals surface area contributed by atoms with Crippen molar-refractivity contribution in [3.8, 4) is 0 Å². The van der Waals surface area contributed by atoms with Gasteiger partial charge in [0.05, 0.1) is 11.4 Å². The first-order valence-electron chi connectivity index (χ1n) is 10.1. The minimum atomic E-state index is -0.545. The van der Waals surface area contributed by atoms with Crippen LogP contribution in [0.15, 0.2) is 36.7 Å². The summed E-state index contributed by atoms with van der Waals surface area (Å²) >= 11 is 0. The van der Waals surface area contributed by atoms with E-state index in [1.165, 1.54) is 11.1 Å². The number of rotatable bonds is 2. The minimum absolute atomic E-state index is 0.299. The first-order valence-corrected chi connectivity index (χ1v) is 10.1. The zero-order valence-corrected chi connectivity index (χ0v) is 15.9. The van der Waals surface area contributed by atoms with Gasteiger partial charge in [-0.1, -0.05) is 12.1 Å². The van der Waals surface area contributed by atoms with Crippen molar-refractivity contribution in [1.29, 1.82) is 0 Å². The van der Waals surface area contributed by atoms with Crippen molar-refractivity contribution in [2.45, 2.75) is 44.7 Å². The molecule has 2 aromatic rings. The van der Waals surface area contributed by atoms with Gasteiger partial charge in [-0.3, -0.25) is 14.6 Å². The van der Waals surface area contributed by atoms with Crippen LogP contribution >= 0.6 is 0 Å². The fourth-order valence-electron chi connectivity index (χ4n) is 4.88. The molecule has 1 aliphatic carbocycles. The van der Waals surface area contributed by atoms with Crippen molar-refractivity contribution in [2.24, 2.45) is 0 Å². The second-order valence-electron chi connectivity index (χ2n) is 7.87. The summed E-state index contributed by atoms with van der Waals surface area (Å²) in [7, 11) is 0. The number of hydrogen-bond acceptors (Lipinski definition) is 4. The molecule has 2 aliphatic heterocycles. The van der Waals surface area contributed by atoms with Gasteiger partial charge in [-0.25, -0.2) is 0 Å². The van der Waals surface area contributed by atoms with Gasteiger partial charge in [0, 0.05) is 38.1 Å². The Morgan fingerprint density at radius 1 is 1.11 bits per heavy atom. The number of carbonyl (C=O) groups excluding carboxylic acids is 2. The summed E-state index contributed by atoms with van der Waals surface area (Å²) in [4.78, 5) is 34.0. The van der Waals surface area contributed by atoms with E-state index in [4.69, 9.17) is 0 Å². The first kappa shape index (κ1) is 17.2. The van der Waals surface area contributed by atoms with Crippen molar-refractivity contribution in [3.63, 3.8) is 0 Å². The number of fused-ring (bicyclic) bond motifs is 4. The number of aryl methyl sites for hydroxylation is 1. The Balaban J connectivity index is 1.33. The number of pyridine rings is 1. The number of anilines is 2. The molecule has 0 spiro atoms. The number of nitrogens with one attached hydrogen (secondary N) is 1. The molecule has 3 aliphatic rings. The normalized spacial score (nSPS) is 19.8. The molecule has 6 nitrogen and oxygen atoms in total. The number of nitrogens with zero attached hydrogens (tertiary/aromatic N) is 3. The average Bonchev–Trinajstić information content (AvgIpc) is 3.40. The molecule has 5 rings (SSSR count). The van der Waals surface area contributed by atoms with Crippen LogP contribution in [-0.4, -0.2) is 35.9 Å². The second kappa shape index (κ2) is 6.93. The van der Waals surface area contributed by atoms with E-state index in [-0.39, 0.29) is 0 Å². The van der Waals surface area contributed by atoms with Gasteiger partial charge in [-0.05, 0) is 60.9 Å². The molecule has 28 heavy (non-hydrogen) atoms. The second-order valence-corrected chi connectivity index (χ2v) is 7.87. The lowest BCUT2D eigenvalue weighted by molar-refractivity contribution is -0.137. The zero-order valence-electron chi connectivity index (χ0n) is 15.9. The Hall–Kier alpha value is -2.89. The molecule has 1 atom stereocenters. The number of aromatic nitrogens is 1. The van der Waals surface area contributed by atoms with E-state index in [0.717, 1.165) is 55.6 Å². The highest BCUT2D eigenvalue weighted by Crippen LogP contribution is 2.39. The minimum Gasteiger partial charge on any atom is -0.365 e. The lowest BCUT2D eigenvalue weighted by atomic mass is 10.1. The fourth-order valence-corrected chi connectivity index (χ4v) is 4.88. The van der Waals surface area contributed by atoms with Crippen molar-refractivity contribution in [1.82, 2.24) is 10.3 Å². The molecule has 1 aromatic carbocycles. The summed E-state index contributed by atoms with van der Waals surface area (Å²) in [6.45, 7) is 1.94. The van der Waals surface area contributed by atoms with Crippen LogP contribution in [0.1, 0.15) is 36.0 Å². The molecular weight excluding hydrogens is 352 g/mol. The van der Waals surface area contributed by atoms with Gasteiger partial charge in [-0.15, -0.1) is 0 Å². The van der Waals surface area contributed by atoms with Gasteiger partial charge < -0.3 is 15.1 Å². The maximum atomic E-state index is 13.0. The van der Waals surface area contributed by atoms with Gasteiger partial charge in [-0.2, -0.15) is 0 Å². The maximum absolute atomic E-state index is 13.0. The summed E-state index contributed by atoms with van der Waals surface area (Å²) in [5.74, 6) is -1.02. The Kier molecular flexibility index (Phi) is 4.26. The molecule has 1 unspecified atom stereocenters. The SMILES string of the molecule is O=C(NCc1cncc2c1CCC2)C(=O)N1CC2CCCN2c2ccccc21. The molecule has 0 bridgehead atoms. The standard InChI is InChI=1S/C22H24N4O2/c27-21(24-13-16-12-23-11-15-5-3-7-18(15)16)22(28)26-14-17-6-4-10-25(17)19-8-1-2-9-20(19)26/h1-2,8-9,11-12,17H,3-7,10,13-14H2,(H,24,27). The van der Waals surface area contributed by atoms with Gasteiger partial charge in [0.15, 0.2) is 0 Å². The molecule has 0 radical (unpaired) electrons. The highest BCUT2D eigenvalue weighted by molar-refractivity contribution is 6.40. The molecular formula is C22H24N4O2. The third-order valence-corrected chi connectivity index (χ3v) is 6.24. The van der Waals surface area contributed by atoms with Gasteiger partial charge in [0.1, 0.15) is 0 Å². The number of benzene rings is 1. The predicted molar refractivity (Wildman–Crippen MR) is 107 cm³/mol. The quantitative estimate of drug-likeness (QED) is 0.816. The number of amides is 2. The Labute approximate surface area is 164 Å². The van der Waals surface area contributed by atoms with Crippen molar-refractivity contribution in [3.05, 3.63) is 53.3 Å². The highest BCUT2D eigenvalue weighted by Gasteiger charge is 2.37. The molecule has 144 valence electrons. The van der Waals surface area contributed by atoms with E-state index in [9.17, 15) is 9.59 Å². The molecule has 1 fully saturated rings. The predicted octanol–water partition coefficient (Wildman–Crippen LogP) is 2.20. The van der Waals surface area contributed by atoms with Crippen LogP contribution in [0, 0.1) is 0 Å². The van der Waals surface area contributed by atoms with Crippen LogP contribution < -0.4 is 15.1 Å². The Bertz CT molecular complexity index is 942. The van der Waals surface area contributed by atoms with Crippen LogP contribution in [-0.2, 0) is 29.0 Å². The van der Waals surface area contributed by atoms with Crippen molar-refractivity contribution < 1.29 is 9.59 Å². The number of para-hydroxylation sites is 2. The van der Waals surface area contributed by atoms with Gasteiger partial charge in [0.2, 0.25) is 0 Å². The smallest absolute Gasteiger partial charge is 0.316 e. The Morgan fingerprint density at radius 3 is 2.86 bits per heavy atom. The van der Waals surface area contributed by atoms with Crippen LogP contribution in [0.4, 0.5) is 11.4 Å². The van der Waals surface area contributed by atoms with Crippen LogP contribution in [0.2, 0.25) is 0 Å². The third kappa shape index (κ3) is 2.84. The van der Waals surface area contributed by atoms with E-state index < -0.39 is 11.8 Å². The molecule has 2 amide bonds. The molecule has 0 saturated carbocycles. The van der Waals surface area contributed by atoms with E-state index in [1.807, 2.05) is 36.7 Å². The first-order chi connectivity index (χ1) is 13.7. The summed E-state index contributed by atoms with van der Waals surface area (Å²) in [6, 6.07) is 8.19. The molecule has 6 heteroatoms. The summed E-state index contributed by atoms with van der Waals surface area (Å²) in [5, 5.41) is 2.83. The average molecular weight is 376 g/mol. The number of hydrogen-bond donors (Lipinski definition) is 1. The highest BCUT2D eigenvalue weighted by atomic mass is 16.2. The fraction of sp³-hybridized carbons (Fsp3) is 0.409. The van der Waals surface area contributed by atoms with E-state index in [1.54, 1.807) is 4.90 Å². The summed E-state index contributed by atoms with van der Waals surface area (Å²) < 4.78 is 0. The van der Waals surface area contributed by atoms with Gasteiger partial charge in [0.25, 0.3) is 0 Å². The van der Waals surface area contributed by atoms with E-state index >= 15 is 0 Å². The molecule has 1 saturated heterocycles.